The second kappa shape index (κ2) is 9.31. The minimum Gasteiger partial charge on any atom is -0.497 e. The van der Waals surface area contributed by atoms with Crippen molar-refractivity contribution in [2.24, 2.45) is 5.10 Å². The first-order valence-electron chi connectivity index (χ1n) is 7.86. The number of methoxy groups -OCH3 is 4. The van der Waals surface area contributed by atoms with Crippen molar-refractivity contribution in [3.8, 4) is 23.0 Å². The van der Waals surface area contributed by atoms with E-state index in [4.69, 9.17) is 18.9 Å². The minimum atomic E-state index is -0.231. The Hall–Kier alpha value is -3.22. The topological polar surface area (TPSA) is 78.4 Å². The number of carbonyl (C=O) groups is 1. The molecule has 0 aliphatic rings. The number of carbonyl (C=O) groups excluding carboxylic acids is 1. The predicted octanol–water partition coefficient (Wildman–Crippen LogP) is 2.41. The van der Waals surface area contributed by atoms with Crippen molar-refractivity contribution in [1.82, 2.24) is 5.43 Å². The van der Waals surface area contributed by atoms with Crippen LogP contribution in [0.4, 0.5) is 0 Å². The summed E-state index contributed by atoms with van der Waals surface area (Å²) in [6.07, 6.45) is 1.71. The molecule has 138 valence electrons. The van der Waals surface area contributed by atoms with E-state index in [-0.39, 0.29) is 12.3 Å². The summed E-state index contributed by atoms with van der Waals surface area (Å²) < 4.78 is 20.9. The van der Waals surface area contributed by atoms with Crippen LogP contribution < -0.4 is 24.4 Å². The van der Waals surface area contributed by atoms with Gasteiger partial charge in [0.2, 0.25) is 5.91 Å². The fourth-order valence-corrected chi connectivity index (χ4v) is 2.30. The number of hydrogen-bond donors (Lipinski definition) is 1. The van der Waals surface area contributed by atoms with Gasteiger partial charge in [-0.25, -0.2) is 5.43 Å². The smallest absolute Gasteiger partial charge is 0.244 e. The highest BCUT2D eigenvalue weighted by Crippen LogP contribution is 2.33. The maximum atomic E-state index is 12.0. The Morgan fingerprint density at radius 1 is 0.923 bits per heavy atom. The quantitative estimate of drug-likeness (QED) is 0.579. The van der Waals surface area contributed by atoms with Crippen LogP contribution in [0.25, 0.3) is 0 Å². The number of benzene rings is 2. The second-order valence-corrected chi connectivity index (χ2v) is 5.27. The molecular weight excluding hydrogens is 336 g/mol. The van der Waals surface area contributed by atoms with E-state index >= 15 is 0 Å². The van der Waals surface area contributed by atoms with Crippen LogP contribution >= 0.6 is 0 Å². The van der Waals surface area contributed by atoms with Crippen LogP contribution in [0.2, 0.25) is 0 Å². The monoisotopic (exact) mass is 358 g/mol. The molecule has 7 nitrogen and oxygen atoms in total. The van der Waals surface area contributed by atoms with Gasteiger partial charge in [0.05, 0.1) is 41.1 Å². The Morgan fingerprint density at radius 3 is 2.12 bits per heavy atom. The highest BCUT2D eigenvalue weighted by atomic mass is 16.5. The van der Waals surface area contributed by atoms with Crippen LogP contribution in [-0.2, 0) is 11.2 Å². The highest BCUT2D eigenvalue weighted by Gasteiger charge is 2.10. The summed E-state index contributed by atoms with van der Waals surface area (Å²) in [7, 11) is 6.23. The minimum absolute atomic E-state index is 0.213. The van der Waals surface area contributed by atoms with Crippen molar-refractivity contribution < 1.29 is 23.7 Å². The first kappa shape index (κ1) is 19.1. The van der Waals surface area contributed by atoms with E-state index in [0.29, 0.717) is 22.8 Å². The van der Waals surface area contributed by atoms with Gasteiger partial charge in [-0.05, 0) is 23.8 Å². The molecule has 2 rings (SSSR count). The fourth-order valence-electron chi connectivity index (χ4n) is 2.30. The molecule has 1 amide bonds. The number of hydrogen-bond acceptors (Lipinski definition) is 6. The van der Waals surface area contributed by atoms with Gasteiger partial charge < -0.3 is 18.9 Å². The summed E-state index contributed by atoms with van der Waals surface area (Å²) >= 11 is 0. The lowest BCUT2D eigenvalue weighted by molar-refractivity contribution is -0.120. The number of rotatable bonds is 8. The van der Waals surface area contributed by atoms with Crippen molar-refractivity contribution in [2.75, 3.05) is 28.4 Å². The molecule has 0 bridgehead atoms. The van der Waals surface area contributed by atoms with E-state index in [9.17, 15) is 4.79 Å². The van der Waals surface area contributed by atoms with Crippen LogP contribution in [0.1, 0.15) is 11.1 Å². The Kier molecular flexibility index (Phi) is 6.84. The van der Waals surface area contributed by atoms with Crippen molar-refractivity contribution >= 4 is 12.1 Å². The van der Waals surface area contributed by atoms with E-state index < -0.39 is 0 Å². The molecule has 0 aliphatic carbocycles. The molecule has 2 aromatic rings. The Bertz CT molecular complexity index is 772. The zero-order valence-electron chi connectivity index (χ0n) is 15.2. The van der Waals surface area contributed by atoms with E-state index in [2.05, 4.69) is 10.5 Å². The van der Waals surface area contributed by atoms with Gasteiger partial charge in [0.25, 0.3) is 0 Å². The van der Waals surface area contributed by atoms with Crippen molar-refractivity contribution in [2.45, 2.75) is 6.42 Å². The van der Waals surface area contributed by atoms with Crippen LogP contribution in [0.3, 0.4) is 0 Å². The van der Waals surface area contributed by atoms with Gasteiger partial charge in [0.1, 0.15) is 11.5 Å². The van der Waals surface area contributed by atoms with Crippen LogP contribution in [0, 0.1) is 0 Å². The normalized spacial score (nSPS) is 10.5. The Labute approximate surface area is 152 Å². The molecule has 0 spiro atoms. The summed E-state index contributed by atoms with van der Waals surface area (Å²) in [5.41, 5.74) is 4.01. The van der Waals surface area contributed by atoms with E-state index in [1.54, 1.807) is 52.7 Å². The van der Waals surface area contributed by atoms with Crippen molar-refractivity contribution in [3.63, 3.8) is 0 Å². The lowest BCUT2D eigenvalue weighted by Gasteiger charge is -2.11. The zero-order chi connectivity index (χ0) is 18.9. The van der Waals surface area contributed by atoms with Gasteiger partial charge in [0, 0.05) is 11.6 Å². The molecule has 0 saturated carbocycles. The maximum absolute atomic E-state index is 12.0. The number of ether oxygens (including phenoxy) is 4. The molecule has 7 heteroatoms. The molecule has 0 atom stereocenters. The largest absolute Gasteiger partial charge is 0.497 e. The van der Waals surface area contributed by atoms with Gasteiger partial charge in [-0.15, -0.1) is 0 Å². The third-order valence-corrected chi connectivity index (χ3v) is 3.65. The summed E-state index contributed by atoms with van der Waals surface area (Å²) in [5, 5.41) is 3.99. The van der Waals surface area contributed by atoms with E-state index in [1.807, 2.05) is 12.1 Å². The molecule has 0 fully saturated rings. The van der Waals surface area contributed by atoms with Gasteiger partial charge in [0.15, 0.2) is 11.5 Å². The number of hydrazone groups is 1. The summed E-state index contributed by atoms with van der Waals surface area (Å²) in [5.74, 6) is 2.15. The predicted molar refractivity (Wildman–Crippen MR) is 98.5 cm³/mol. The SMILES string of the molecule is COc1ccc(CC(=O)N/N=C/c2cc(OC)c(OC)cc2OC)cc1. The van der Waals surface area contributed by atoms with Gasteiger partial charge >= 0.3 is 0 Å². The van der Waals surface area contributed by atoms with Crippen molar-refractivity contribution in [1.29, 1.82) is 0 Å². The van der Waals surface area contributed by atoms with Crippen LogP contribution in [-0.4, -0.2) is 40.6 Å². The molecule has 0 radical (unpaired) electrons. The van der Waals surface area contributed by atoms with Gasteiger partial charge in [-0.3, -0.25) is 4.79 Å². The second-order valence-electron chi connectivity index (χ2n) is 5.27. The molecule has 0 aromatic heterocycles. The van der Waals surface area contributed by atoms with Gasteiger partial charge in [-0.2, -0.15) is 5.10 Å². The molecule has 0 heterocycles. The van der Waals surface area contributed by atoms with Crippen LogP contribution in [0.15, 0.2) is 41.5 Å². The maximum Gasteiger partial charge on any atom is 0.244 e. The van der Waals surface area contributed by atoms with Crippen LogP contribution in [0.5, 0.6) is 23.0 Å². The van der Waals surface area contributed by atoms with Gasteiger partial charge in [-0.1, -0.05) is 12.1 Å². The molecule has 1 N–H and O–H groups in total. The summed E-state index contributed by atoms with van der Waals surface area (Å²) in [6, 6.07) is 10.7. The first-order valence-corrected chi connectivity index (χ1v) is 7.86. The number of amides is 1. The highest BCUT2D eigenvalue weighted by molar-refractivity contribution is 5.87. The lowest BCUT2D eigenvalue weighted by atomic mass is 10.1. The van der Waals surface area contributed by atoms with E-state index in [0.717, 1.165) is 11.3 Å². The Balaban J connectivity index is 2.03. The standard InChI is InChI=1S/C19H22N2O5/c1-23-15-7-5-13(6-8-15)9-19(22)21-20-12-14-10-17(25-3)18(26-4)11-16(14)24-2/h5-8,10-12H,9H2,1-4H3,(H,21,22)/b20-12+. The van der Waals surface area contributed by atoms with E-state index in [1.165, 1.54) is 6.21 Å². The Morgan fingerprint density at radius 2 is 1.54 bits per heavy atom. The molecular formula is C19H22N2O5. The molecule has 26 heavy (non-hydrogen) atoms. The zero-order valence-corrected chi connectivity index (χ0v) is 15.2. The lowest BCUT2D eigenvalue weighted by Crippen LogP contribution is -2.19. The third kappa shape index (κ3) is 4.89. The number of nitrogens with one attached hydrogen (secondary N) is 1. The molecule has 0 saturated heterocycles. The number of nitrogens with zero attached hydrogens (tertiary/aromatic N) is 1. The fraction of sp³-hybridized carbons (Fsp3) is 0.263. The average molecular weight is 358 g/mol. The summed E-state index contributed by atoms with van der Waals surface area (Å²) in [4.78, 5) is 12.0. The third-order valence-electron chi connectivity index (χ3n) is 3.65. The molecule has 0 unspecified atom stereocenters. The molecule has 2 aromatic carbocycles. The van der Waals surface area contributed by atoms with Crippen molar-refractivity contribution in [3.05, 3.63) is 47.5 Å². The average Bonchev–Trinajstić information content (AvgIpc) is 2.68. The summed E-state index contributed by atoms with van der Waals surface area (Å²) in [6.45, 7) is 0. The first-order chi connectivity index (χ1) is 12.6. The molecule has 0 aliphatic heterocycles.